The number of nitrogens with one attached hydrogen (secondary N) is 2. The first-order valence-corrected chi connectivity index (χ1v) is 22.2. The van der Waals surface area contributed by atoms with Crippen molar-refractivity contribution in [1.29, 1.82) is 0 Å². The number of nitrogens with zero attached hydrogens (tertiary/aromatic N) is 2. The molecule has 3 saturated heterocycles. The Labute approximate surface area is 310 Å². The summed E-state index contributed by atoms with van der Waals surface area (Å²) in [5, 5.41) is 7.65. The third-order valence-corrected chi connectivity index (χ3v) is 14.4. The smallest absolute Gasteiger partial charge is 0.180 e. The molecule has 0 aliphatic carbocycles. The van der Waals surface area contributed by atoms with Crippen molar-refractivity contribution in [3.63, 3.8) is 0 Å². The van der Waals surface area contributed by atoms with E-state index in [2.05, 4.69) is 59.7 Å². The van der Waals surface area contributed by atoms with Crippen LogP contribution in [0.15, 0.2) is 47.4 Å². The lowest BCUT2D eigenvalue weighted by Gasteiger charge is -2.49. The van der Waals surface area contributed by atoms with Gasteiger partial charge in [-0.05, 0) is 105 Å². The highest BCUT2D eigenvalue weighted by Gasteiger charge is 2.43. The lowest BCUT2D eigenvalue weighted by molar-refractivity contribution is -0.942. The van der Waals surface area contributed by atoms with Gasteiger partial charge in [-0.25, -0.2) is 8.42 Å². The van der Waals surface area contributed by atoms with E-state index < -0.39 is 15.4 Å². The van der Waals surface area contributed by atoms with Crippen LogP contribution in [0.2, 0.25) is 0 Å². The summed E-state index contributed by atoms with van der Waals surface area (Å²) in [6.45, 7) is 10.0. The largest absolute Gasteiger partial charge is 0.378 e. The number of anilines is 2. The lowest BCUT2D eigenvalue weighted by Crippen LogP contribution is -2.58. The van der Waals surface area contributed by atoms with Crippen LogP contribution in [0.25, 0.3) is 0 Å². The van der Waals surface area contributed by atoms with Crippen LogP contribution in [0.1, 0.15) is 140 Å². The van der Waals surface area contributed by atoms with E-state index in [1.165, 1.54) is 88.4 Å². The highest BCUT2D eigenvalue weighted by Crippen LogP contribution is 2.41. The molecular formula is C42H67N4O2S2+. The highest BCUT2D eigenvalue weighted by atomic mass is 32.2. The number of hydrogen-bond acceptors (Lipinski definition) is 5. The van der Waals surface area contributed by atoms with Crippen molar-refractivity contribution < 1.29 is 12.9 Å². The molecule has 0 spiro atoms. The van der Waals surface area contributed by atoms with Gasteiger partial charge in [0.2, 0.25) is 0 Å². The Morgan fingerprint density at radius 2 is 1.54 bits per heavy atom. The molecule has 0 amide bonds. The summed E-state index contributed by atoms with van der Waals surface area (Å²) in [5.74, 6) is 1.16. The third kappa shape index (κ3) is 10.3. The Morgan fingerprint density at radius 1 is 0.880 bits per heavy atom. The van der Waals surface area contributed by atoms with Crippen molar-refractivity contribution in [1.82, 2.24) is 5.32 Å². The van der Waals surface area contributed by atoms with Gasteiger partial charge in [-0.15, -0.1) is 0 Å². The van der Waals surface area contributed by atoms with Crippen LogP contribution in [-0.4, -0.2) is 69.5 Å². The Kier molecular flexibility index (Phi) is 14.2. The van der Waals surface area contributed by atoms with Crippen molar-refractivity contribution in [2.75, 3.05) is 56.2 Å². The zero-order valence-electron chi connectivity index (χ0n) is 31.8. The Bertz CT molecular complexity index is 1470. The molecule has 2 aromatic carbocycles. The second-order valence-electron chi connectivity index (χ2n) is 16.3. The fourth-order valence-electron chi connectivity index (χ4n) is 9.05. The number of sulfone groups is 1. The second-order valence-corrected chi connectivity index (χ2v) is 18.8. The fraction of sp³-hybridized carbons (Fsp3) is 0.690. The first-order valence-electron chi connectivity index (χ1n) is 20.1. The molecule has 3 fully saturated rings. The molecule has 2 bridgehead atoms. The maximum absolute atomic E-state index is 14.3. The summed E-state index contributed by atoms with van der Waals surface area (Å²) in [6, 6.07) is 14.2. The zero-order chi connectivity index (χ0) is 35.6. The first kappa shape index (κ1) is 39.2. The van der Waals surface area contributed by atoms with Crippen LogP contribution in [0.5, 0.6) is 0 Å². The molecular weight excluding hydrogens is 657 g/mol. The van der Waals surface area contributed by atoms with E-state index in [1.54, 1.807) is 0 Å². The van der Waals surface area contributed by atoms with Gasteiger partial charge >= 0.3 is 0 Å². The Hall–Kier alpha value is -2.00. The summed E-state index contributed by atoms with van der Waals surface area (Å²) >= 11 is 5.88. The van der Waals surface area contributed by atoms with E-state index >= 15 is 0 Å². The molecule has 0 aromatic heterocycles. The van der Waals surface area contributed by atoms with Gasteiger partial charge < -0.3 is 14.7 Å². The molecule has 0 saturated carbocycles. The van der Waals surface area contributed by atoms with E-state index in [-0.39, 0.29) is 11.8 Å². The maximum Gasteiger partial charge on any atom is 0.180 e. The van der Waals surface area contributed by atoms with Crippen LogP contribution < -0.4 is 15.5 Å². The van der Waals surface area contributed by atoms with Gasteiger partial charge in [0.25, 0.3) is 0 Å². The van der Waals surface area contributed by atoms with Gasteiger partial charge in [-0.1, -0.05) is 89.6 Å². The number of quaternary nitrogens is 1. The SMILES string of the molecule is CCCCCCC1(CCCCCC)CS(=O)(=O)c2ccc(N(C)C)cc2C(c2cccc(NC(=S)CCCCC[N+]34CCC(CC3)CC4)c2)N1. The molecule has 2 N–H and O–H groups in total. The van der Waals surface area contributed by atoms with Crippen molar-refractivity contribution in [3.8, 4) is 0 Å². The summed E-state index contributed by atoms with van der Waals surface area (Å²) in [7, 11) is 0.510. The van der Waals surface area contributed by atoms with Crippen LogP contribution in [-0.2, 0) is 9.84 Å². The van der Waals surface area contributed by atoms with Gasteiger partial charge in [0, 0.05) is 31.0 Å². The van der Waals surface area contributed by atoms with Crippen LogP contribution in [0.3, 0.4) is 0 Å². The minimum atomic E-state index is -3.53. The quantitative estimate of drug-likeness (QED) is 0.0855. The molecule has 8 heteroatoms. The third-order valence-electron chi connectivity index (χ3n) is 12.2. The van der Waals surface area contributed by atoms with E-state index in [0.29, 0.717) is 4.90 Å². The monoisotopic (exact) mass is 723 g/mol. The Morgan fingerprint density at radius 3 is 2.18 bits per heavy atom. The van der Waals surface area contributed by atoms with Crippen LogP contribution >= 0.6 is 12.2 Å². The van der Waals surface area contributed by atoms with Gasteiger partial charge in [-0.3, -0.25) is 5.32 Å². The summed E-state index contributed by atoms with van der Waals surface area (Å²) in [4.78, 5) is 3.42. The molecule has 1 atom stereocenters. The summed E-state index contributed by atoms with van der Waals surface area (Å²) in [6.07, 6.45) is 19.6. The summed E-state index contributed by atoms with van der Waals surface area (Å²) < 4.78 is 30.1. The van der Waals surface area contributed by atoms with E-state index in [4.69, 9.17) is 12.2 Å². The average molecular weight is 724 g/mol. The molecule has 0 radical (unpaired) electrons. The molecule has 4 aliphatic rings. The molecule has 1 unspecified atom stereocenters. The van der Waals surface area contributed by atoms with E-state index in [0.717, 1.165) is 84.8 Å². The van der Waals surface area contributed by atoms with Gasteiger partial charge in [0.05, 0.1) is 47.9 Å². The predicted molar refractivity (Wildman–Crippen MR) is 216 cm³/mol. The number of piperidine rings is 3. The molecule has 2 aromatic rings. The predicted octanol–water partition coefficient (Wildman–Crippen LogP) is 9.83. The number of unbranched alkanes of at least 4 members (excludes halogenated alkanes) is 8. The number of rotatable bonds is 19. The second kappa shape index (κ2) is 18.2. The zero-order valence-corrected chi connectivity index (χ0v) is 33.4. The van der Waals surface area contributed by atoms with Gasteiger partial charge in [0.15, 0.2) is 9.84 Å². The number of hydrogen-bond donors (Lipinski definition) is 2. The van der Waals surface area contributed by atoms with Crippen molar-refractivity contribution >= 4 is 38.4 Å². The van der Waals surface area contributed by atoms with Crippen LogP contribution in [0.4, 0.5) is 11.4 Å². The fourth-order valence-corrected chi connectivity index (χ4v) is 11.4. The van der Waals surface area contributed by atoms with Crippen LogP contribution in [0, 0.1) is 5.92 Å². The van der Waals surface area contributed by atoms with Gasteiger partial charge in [0.1, 0.15) is 0 Å². The summed E-state index contributed by atoms with van der Waals surface area (Å²) in [5.41, 5.74) is 3.44. The minimum Gasteiger partial charge on any atom is -0.378 e. The number of benzene rings is 2. The normalized spacial score (nSPS) is 23.6. The number of fused-ring (bicyclic) bond motifs is 4. The highest BCUT2D eigenvalue weighted by molar-refractivity contribution is 7.91. The molecule has 278 valence electrons. The standard InChI is InChI=1S/C42H66N4O2S2/c1-5-7-9-13-25-42(26-14-10-8-6-2)33-50(47,48)39-21-20-37(45(3)4)32-38(39)41(44-42)35-17-16-18-36(31-35)43-40(49)19-12-11-15-27-46-28-22-34(23-29-46)24-30-46/h16-18,20-21,31-32,34,41,44H,5-15,19,22-30,33H2,1-4H3/p+1. The molecule has 4 heterocycles. The molecule has 6 rings (SSSR count). The van der Waals surface area contributed by atoms with E-state index in [9.17, 15) is 8.42 Å². The van der Waals surface area contributed by atoms with E-state index in [1.807, 2.05) is 26.2 Å². The first-order chi connectivity index (χ1) is 24.1. The van der Waals surface area contributed by atoms with Crippen molar-refractivity contribution in [2.24, 2.45) is 5.92 Å². The number of thiocarbonyl (C=S) groups is 1. The minimum absolute atomic E-state index is 0.144. The van der Waals surface area contributed by atoms with Crippen molar-refractivity contribution in [2.45, 2.75) is 139 Å². The average Bonchev–Trinajstić information content (AvgIpc) is 3.21. The Balaban J connectivity index is 1.34. The van der Waals surface area contributed by atoms with Gasteiger partial charge in [-0.2, -0.15) is 0 Å². The topological polar surface area (TPSA) is 61.4 Å². The molecule has 4 aliphatic heterocycles. The van der Waals surface area contributed by atoms with Crippen molar-refractivity contribution in [3.05, 3.63) is 53.6 Å². The molecule has 50 heavy (non-hydrogen) atoms. The lowest BCUT2D eigenvalue weighted by atomic mass is 9.85. The molecule has 6 nitrogen and oxygen atoms in total. The maximum atomic E-state index is 14.3.